The molecule has 0 radical (unpaired) electrons. The molecule has 2 N–H and O–H groups in total. The molecule has 27 heavy (non-hydrogen) atoms. The highest BCUT2D eigenvalue weighted by Crippen LogP contribution is 2.14. The Morgan fingerprint density at radius 1 is 1.00 bits per heavy atom. The van der Waals surface area contributed by atoms with Gasteiger partial charge in [-0.25, -0.2) is 4.79 Å². The molecule has 0 bridgehead atoms. The quantitative estimate of drug-likeness (QED) is 0.579. The number of ether oxygens (including phenoxy) is 2. The minimum Gasteiger partial charge on any atom is -0.497 e. The second-order valence-corrected chi connectivity index (χ2v) is 5.52. The molecule has 0 atom stereocenters. The van der Waals surface area contributed by atoms with E-state index in [0.29, 0.717) is 17.1 Å². The number of carbonyl (C=O) groups excluding carboxylic acids is 3. The van der Waals surface area contributed by atoms with Crippen LogP contribution in [-0.2, 0) is 19.1 Å². The smallest absolute Gasteiger partial charge is 0.331 e. The number of hydrogen-bond donors (Lipinski definition) is 2. The summed E-state index contributed by atoms with van der Waals surface area (Å²) in [5.74, 6) is -0.602. The lowest BCUT2D eigenvalue weighted by Crippen LogP contribution is -2.20. The van der Waals surface area contributed by atoms with Crippen molar-refractivity contribution in [2.45, 2.75) is 6.92 Å². The van der Waals surface area contributed by atoms with Gasteiger partial charge >= 0.3 is 5.97 Å². The molecule has 0 aromatic heterocycles. The molecule has 0 saturated heterocycles. The van der Waals surface area contributed by atoms with E-state index in [-0.39, 0.29) is 5.91 Å². The van der Waals surface area contributed by atoms with Gasteiger partial charge in [0.1, 0.15) is 5.75 Å². The van der Waals surface area contributed by atoms with Crippen molar-refractivity contribution in [1.29, 1.82) is 0 Å². The predicted molar refractivity (Wildman–Crippen MR) is 102 cm³/mol. The van der Waals surface area contributed by atoms with Gasteiger partial charge in [-0.15, -0.1) is 0 Å². The van der Waals surface area contributed by atoms with Gasteiger partial charge in [0.05, 0.1) is 7.11 Å². The van der Waals surface area contributed by atoms with Crippen LogP contribution in [0.15, 0.2) is 54.6 Å². The number of anilines is 2. The Hall–Kier alpha value is -3.61. The standard InChI is InChI=1S/C20H20N2O5/c1-14(23)21-16-7-9-17(10-8-16)22-19(24)13-27-20(25)11-6-15-4-3-5-18(12-15)26-2/h3-12H,13H2,1-2H3,(H,21,23)(H,22,24). The summed E-state index contributed by atoms with van der Waals surface area (Å²) in [6.45, 7) is 1.00. The third-order valence-electron chi connectivity index (χ3n) is 3.34. The molecule has 2 amide bonds. The van der Waals surface area contributed by atoms with E-state index in [2.05, 4.69) is 10.6 Å². The molecule has 140 valence electrons. The molecule has 0 aliphatic carbocycles. The molecule has 7 heteroatoms. The van der Waals surface area contributed by atoms with Gasteiger partial charge < -0.3 is 20.1 Å². The molecule has 0 unspecified atom stereocenters. The van der Waals surface area contributed by atoms with Crippen LogP contribution in [0, 0.1) is 0 Å². The molecule has 0 heterocycles. The van der Waals surface area contributed by atoms with Crippen LogP contribution in [0.5, 0.6) is 5.75 Å². The number of esters is 1. The predicted octanol–water partition coefficient (Wildman–Crippen LogP) is 2.85. The van der Waals surface area contributed by atoms with Crippen LogP contribution in [0.4, 0.5) is 11.4 Å². The zero-order valence-electron chi connectivity index (χ0n) is 15.0. The van der Waals surface area contributed by atoms with Crippen molar-refractivity contribution in [1.82, 2.24) is 0 Å². The van der Waals surface area contributed by atoms with Gasteiger partial charge in [-0.05, 0) is 48.0 Å². The lowest BCUT2D eigenvalue weighted by atomic mass is 10.2. The van der Waals surface area contributed by atoms with Gasteiger partial charge in [0, 0.05) is 24.4 Å². The highest BCUT2D eigenvalue weighted by Gasteiger charge is 2.06. The van der Waals surface area contributed by atoms with E-state index >= 15 is 0 Å². The first-order valence-electron chi connectivity index (χ1n) is 8.12. The molecule has 0 aliphatic heterocycles. The fourth-order valence-corrected chi connectivity index (χ4v) is 2.13. The van der Waals surface area contributed by atoms with Crippen molar-refractivity contribution >= 4 is 35.2 Å². The average Bonchev–Trinajstić information content (AvgIpc) is 2.66. The Kier molecular flexibility index (Phi) is 7.13. The van der Waals surface area contributed by atoms with Crippen LogP contribution in [-0.4, -0.2) is 31.5 Å². The highest BCUT2D eigenvalue weighted by atomic mass is 16.5. The first-order chi connectivity index (χ1) is 13.0. The van der Waals surface area contributed by atoms with Crippen LogP contribution in [0.2, 0.25) is 0 Å². The summed E-state index contributed by atoms with van der Waals surface area (Å²) in [7, 11) is 1.56. The summed E-state index contributed by atoms with van der Waals surface area (Å²) < 4.78 is 10.0. The van der Waals surface area contributed by atoms with Crippen molar-refractivity contribution < 1.29 is 23.9 Å². The minimum atomic E-state index is -0.631. The third kappa shape index (κ3) is 7.03. The monoisotopic (exact) mass is 368 g/mol. The number of carbonyl (C=O) groups is 3. The van der Waals surface area contributed by atoms with Crippen molar-refractivity contribution in [2.24, 2.45) is 0 Å². The minimum absolute atomic E-state index is 0.180. The maximum Gasteiger partial charge on any atom is 0.331 e. The van der Waals surface area contributed by atoms with E-state index in [1.54, 1.807) is 55.7 Å². The average molecular weight is 368 g/mol. The SMILES string of the molecule is COc1cccc(C=CC(=O)OCC(=O)Nc2ccc(NC(C)=O)cc2)c1. The lowest BCUT2D eigenvalue weighted by Gasteiger charge is -2.07. The van der Waals surface area contributed by atoms with Crippen molar-refractivity contribution in [3.63, 3.8) is 0 Å². The molecule has 2 rings (SSSR count). The van der Waals surface area contributed by atoms with E-state index in [9.17, 15) is 14.4 Å². The number of hydrogen-bond acceptors (Lipinski definition) is 5. The fourth-order valence-electron chi connectivity index (χ4n) is 2.13. The van der Waals surface area contributed by atoms with E-state index in [0.717, 1.165) is 5.56 Å². The largest absolute Gasteiger partial charge is 0.497 e. The van der Waals surface area contributed by atoms with Crippen LogP contribution < -0.4 is 15.4 Å². The molecule has 0 aliphatic rings. The number of benzene rings is 2. The molecule has 0 fully saturated rings. The van der Waals surface area contributed by atoms with Crippen LogP contribution in [0.3, 0.4) is 0 Å². The zero-order chi connectivity index (χ0) is 19.6. The first kappa shape index (κ1) is 19.7. The molecular weight excluding hydrogens is 348 g/mol. The molecule has 0 spiro atoms. The lowest BCUT2D eigenvalue weighted by molar-refractivity contribution is -0.142. The van der Waals surface area contributed by atoms with Gasteiger partial charge in [-0.2, -0.15) is 0 Å². The summed E-state index contributed by atoms with van der Waals surface area (Å²) in [6.07, 6.45) is 2.81. The number of rotatable bonds is 7. The van der Waals surface area contributed by atoms with Gasteiger partial charge in [0.2, 0.25) is 5.91 Å². The van der Waals surface area contributed by atoms with E-state index in [4.69, 9.17) is 9.47 Å². The zero-order valence-corrected chi connectivity index (χ0v) is 15.0. The van der Waals surface area contributed by atoms with Crippen molar-refractivity contribution in [3.05, 3.63) is 60.2 Å². The Labute approximate surface area is 157 Å². The van der Waals surface area contributed by atoms with Gasteiger partial charge in [-0.1, -0.05) is 12.1 Å². The van der Waals surface area contributed by atoms with Crippen molar-refractivity contribution in [3.8, 4) is 5.75 Å². The summed E-state index contributed by atoms with van der Waals surface area (Å²) in [6, 6.07) is 13.7. The van der Waals surface area contributed by atoms with E-state index in [1.807, 2.05) is 6.07 Å². The maximum absolute atomic E-state index is 11.8. The topological polar surface area (TPSA) is 93.7 Å². The van der Waals surface area contributed by atoms with Gasteiger partial charge in [0.15, 0.2) is 6.61 Å². The van der Waals surface area contributed by atoms with Crippen LogP contribution >= 0.6 is 0 Å². The van der Waals surface area contributed by atoms with Gasteiger partial charge in [-0.3, -0.25) is 9.59 Å². The summed E-state index contributed by atoms with van der Waals surface area (Å²) in [4.78, 5) is 34.5. The summed E-state index contributed by atoms with van der Waals surface area (Å²) >= 11 is 0. The Bertz CT molecular complexity index is 844. The van der Waals surface area contributed by atoms with Crippen LogP contribution in [0.1, 0.15) is 12.5 Å². The molecule has 2 aromatic rings. The second-order valence-electron chi connectivity index (χ2n) is 5.52. The molecule has 2 aromatic carbocycles. The Morgan fingerprint density at radius 2 is 1.67 bits per heavy atom. The first-order valence-corrected chi connectivity index (χ1v) is 8.12. The molecule has 7 nitrogen and oxygen atoms in total. The number of methoxy groups -OCH3 is 1. The number of nitrogens with one attached hydrogen (secondary N) is 2. The normalized spacial score (nSPS) is 10.3. The second kappa shape index (κ2) is 9.76. The van der Waals surface area contributed by atoms with Crippen molar-refractivity contribution in [2.75, 3.05) is 24.4 Å². The summed E-state index contributed by atoms with van der Waals surface area (Å²) in [5, 5.41) is 5.22. The highest BCUT2D eigenvalue weighted by molar-refractivity contribution is 5.95. The third-order valence-corrected chi connectivity index (χ3v) is 3.34. The molecule has 0 saturated carbocycles. The van der Waals surface area contributed by atoms with Crippen LogP contribution in [0.25, 0.3) is 6.08 Å². The molecular formula is C20H20N2O5. The fraction of sp³-hybridized carbons (Fsp3) is 0.150. The Morgan fingerprint density at radius 3 is 2.30 bits per heavy atom. The van der Waals surface area contributed by atoms with E-state index < -0.39 is 18.5 Å². The van der Waals surface area contributed by atoms with Gasteiger partial charge in [0.25, 0.3) is 5.91 Å². The Balaban J connectivity index is 1.79. The summed E-state index contributed by atoms with van der Waals surface area (Å²) in [5.41, 5.74) is 1.92. The van der Waals surface area contributed by atoms with E-state index in [1.165, 1.54) is 13.0 Å². The number of amides is 2. The maximum atomic E-state index is 11.8.